The highest BCUT2D eigenvalue weighted by molar-refractivity contribution is 6.33. The summed E-state index contributed by atoms with van der Waals surface area (Å²) in [5, 5.41) is 3.67. The summed E-state index contributed by atoms with van der Waals surface area (Å²) in [7, 11) is 1.27. The fourth-order valence-electron chi connectivity index (χ4n) is 2.00. The van der Waals surface area contributed by atoms with Crippen LogP contribution in [0.5, 0.6) is 0 Å². The highest BCUT2D eigenvalue weighted by Crippen LogP contribution is 2.21. The largest absolute Gasteiger partial charge is 0.465 e. The first-order valence-electron chi connectivity index (χ1n) is 6.92. The summed E-state index contributed by atoms with van der Waals surface area (Å²) >= 11 is 11.8. The zero-order valence-electron chi connectivity index (χ0n) is 12.4. The molecular formula is C17H15Cl2NO3. The smallest absolute Gasteiger partial charge is 0.339 e. The molecule has 120 valence electrons. The summed E-state index contributed by atoms with van der Waals surface area (Å²) in [5.41, 5.74) is 1.73. The van der Waals surface area contributed by atoms with Crippen LogP contribution >= 0.6 is 23.2 Å². The molecule has 0 saturated carbocycles. The van der Waals surface area contributed by atoms with E-state index >= 15 is 0 Å². The standard InChI is InChI=1S/C17H15Cl2NO3/c1-23-17(22)14-10-13(7-8-15(14)19)20-16(21)9-4-11-2-5-12(18)6-3-11/h2-3,5-8,10H,4,9H2,1H3,(H,20,21). The van der Waals surface area contributed by atoms with Crippen molar-refractivity contribution in [1.29, 1.82) is 0 Å². The molecule has 2 aromatic carbocycles. The topological polar surface area (TPSA) is 55.4 Å². The Hall–Kier alpha value is -2.04. The Morgan fingerprint density at radius 2 is 1.78 bits per heavy atom. The molecular weight excluding hydrogens is 337 g/mol. The van der Waals surface area contributed by atoms with Crippen LogP contribution in [0, 0.1) is 0 Å². The number of aryl methyl sites for hydroxylation is 1. The molecule has 0 saturated heterocycles. The SMILES string of the molecule is COC(=O)c1cc(NC(=O)CCc2ccc(Cl)cc2)ccc1Cl. The lowest BCUT2D eigenvalue weighted by molar-refractivity contribution is -0.116. The lowest BCUT2D eigenvalue weighted by atomic mass is 10.1. The summed E-state index contributed by atoms with van der Waals surface area (Å²) in [6, 6.07) is 12.0. The van der Waals surface area contributed by atoms with Gasteiger partial charge in [0.15, 0.2) is 0 Å². The molecule has 2 aromatic rings. The minimum absolute atomic E-state index is 0.155. The van der Waals surface area contributed by atoms with Crippen LogP contribution < -0.4 is 5.32 Å². The average molecular weight is 352 g/mol. The number of esters is 1. The van der Waals surface area contributed by atoms with Crippen LogP contribution in [0.15, 0.2) is 42.5 Å². The number of hydrogen-bond acceptors (Lipinski definition) is 3. The average Bonchev–Trinajstić information content (AvgIpc) is 2.55. The van der Waals surface area contributed by atoms with Crippen LogP contribution in [-0.4, -0.2) is 19.0 Å². The van der Waals surface area contributed by atoms with Gasteiger partial charge in [-0.1, -0.05) is 35.3 Å². The normalized spacial score (nSPS) is 10.2. The summed E-state index contributed by atoms with van der Waals surface area (Å²) in [5.74, 6) is -0.703. The van der Waals surface area contributed by atoms with E-state index in [9.17, 15) is 9.59 Å². The monoisotopic (exact) mass is 351 g/mol. The number of benzene rings is 2. The number of anilines is 1. The Morgan fingerprint density at radius 3 is 2.43 bits per heavy atom. The molecule has 0 bridgehead atoms. The molecule has 0 aliphatic carbocycles. The molecule has 2 rings (SSSR count). The van der Waals surface area contributed by atoms with Crippen molar-refractivity contribution in [2.45, 2.75) is 12.8 Å². The number of methoxy groups -OCH3 is 1. The number of carbonyl (C=O) groups excluding carboxylic acids is 2. The molecule has 0 fully saturated rings. The van der Waals surface area contributed by atoms with Crippen molar-refractivity contribution in [1.82, 2.24) is 0 Å². The Kier molecular flexibility index (Phi) is 6.02. The fraction of sp³-hybridized carbons (Fsp3) is 0.176. The van der Waals surface area contributed by atoms with Gasteiger partial charge in [0.25, 0.3) is 0 Å². The van der Waals surface area contributed by atoms with Gasteiger partial charge >= 0.3 is 5.97 Å². The summed E-state index contributed by atoms with van der Waals surface area (Å²) in [6.45, 7) is 0. The molecule has 0 aliphatic rings. The number of hydrogen-bond donors (Lipinski definition) is 1. The van der Waals surface area contributed by atoms with Crippen LogP contribution in [0.4, 0.5) is 5.69 Å². The molecule has 4 nitrogen and oxygen atoms in total. The zero-order chi connectivity index (χ0) is 16.8. The van der Waals surface area contributed by atoms with Crippen molar-refractivity contribution >= 4 is 40.8 Å². The predicted octanol–water partition coefficient (Wildman–Crippen LogP) is 4.35. The number of nitrogens with one attached hydrogen (secondary N) is 1. The minimum Gasteiger partial charge on any atom is -0.465 e. The number of amides is 1. The Morgan fingerprint density at radius 1 is 1.09 bits per heavy atom. The Bertz CT molecular complexity index is 714. The van der Waals surface area contributed by atoms with Gasteiger partial charge in [-0.2, -0.15) is 0 Å². The molecule has 0 spiro atoms. The molecule has 0 aliphatic heterocycles. The fourth-order valence-corrected chi connectivity index (χ4v) is 2.32. The molecule has 0 unspecified atom stereocenters. The third kappa shape index (κ3) is 4.98. The van der Waals surface area contributed by atoms with Gasteiger partial charge in [0.2, 0.25) is 5.91 Å². The number of rotatable bonds is 5. The maximum Gasteiger partial charge on any atom is 0.339 e. The van der Waals surface area contributed by atoms with Crippen molar-refractivity contribution in [2.75, 3.05) is 12.4 Å². The third-order valence-electron chi connectivity index (χ3n) is 3.21. The Balaban J connectivity index is 1.97. The summed E-state index contributed by atoms with van der Waals surface area (Å²) in [4.78, 5) is 23.6. The van der Waals surface area contributed by atoms with E-state index in [4.69, 9.17) is 23.2 Å². The van der Waals surface area contributed by atoms with E-state index in [1.807, 2.05) is 12.1 Å². The zero-order valence-corrected chi connectivity index (χ0v) is 13.9. The molecule has 0 aromatic heterocycles. The van der Waals surface area contributed by atoms with Crippen LogP contribution in [0.3, 0.4) is 0 Å². The van der Waals surface area contributed by atoms with Gasteiger partial charge in [-0.25, -0.2) is 4.79 Å². The van der Waals surface area contributed by atoms with E-state index in [1.54, 1.807) is 24.3 Å². The molecule has 23 heavy (non-hydrogen) atoms. The van der Waals surface area contributed by atoms with Gasteiger partial charge in [0, 0.05) is 17.1 Å². The lowest BCUT2D eigenvalue weighted by Crippen LogP contribution is -2.13. The van der Waals surface area contributed by atoms with Crippen LogP contribution in [-0.2, 0) is 16.0 Å². The van der Waals surface area contributed by atoms with Crippen LogP contribution in [0.25, 0.3) is 0 Å². The first kappa shape index (κ1) is 17.3. The van der Waals surface area contributed by atoms with Gasteiger partial charge in [0.05, 0.1) is 17.7 Å². The maximum atomic E-state index is 12.0. The number of halogens is 2. The van der Waals surface area contributed by atoms with Gasteiger partial charge in [-0.15, -0.1) is 0 Å². The molecule has 0 heterocycles. The second-order valence-corrected chi connectivity index (χ2v) is 5.70. The quantitative estimate of drug-likeness (QED) is 0.814. The number of carbonyl (C=O) groups is 2. The van der Waals surface area contributed by atoms with Gasteiger partial charge in [-0.3, -0.25) is 4.79 Å². The van der Waals surface area contributed by atoms with E-state index in [1.165, 1.54) is 13.2 Å². The van der Waals surface area contributed by atoms with Crippen molar-refractivity contribution in [3.63, 3.8) is 0 Å². The van der Waals surface area contributed by atoms with E-state index in [2.05, 4.69) is 10.1 Å². The van der Waals surface area contributed by atoms with Crippen molar-refractivity contribution in [3.05, 3.63) is 63.6 Å². The van der Waals surface area contributed by atoms with Crippen LogP contribution in [0.1, 0.15) is 22.3 Å². The molecule has 1 N–H and O–H groups in total. The molecule has 6 heteroatoms. The second kappa shape index (κ2) is 7.99. The molecule has 0 radical (unpaired) electrons. The third-order valence-corrected chi connectivity index (χ3v) is 3.79. The maximum absolute atomic E-state index is 12.0. The van der Waals surface area contributed by atoms with E-state index in [0.717, 1.165) is 5.56 Å². The van der Waals surface area contributed by atoms with E-state index < -0.39 is 5.97 Å². The second-order valence-electron chi connectivity index (χ2n) is 4.86. The Labute approximate surface area is 144 Å². The summed E-state index contributed by atoms with van der Waals surface area (Å²) in [6.07, 6.45) is 0.915. The highest BCUT2D eigenvalue weighted by Gasteiger charge is 2.12. The van der Waals surface area contributed by atoms with E-state index in [-0.39, 0.29) is 16.5 Å². The van der Waals surface area contributed by atoms with Gasteiger partial charge in [0.1, 0.15) is 0 Å². The van der Waals surface area contributed by atoms with Gasteiger partial charge in [-0.05, 0) is 42.3 Å². The minimum atomic E-state index is -0.549. The first-order chi connectivity index (χ1) is 11.0. The lowest BCUT2D eigenvalue weighted by Gasteiger charge is -2.08. The number of ether oxygens (including phenoxy) is 1. The predicted molar refractivity (Wildman–Crippen MR) is 91.2 cm³/mol. The van der Waals surface area contributed by atoms with Crippen molar-refractivity contribution in [2.24, 2.45) is 0 Å². The molecule has 1 amide bonds. The molecule has 0 atom stereocenters. The van der Waals surface area contributed by atoms with Gasteiger partial charge < -0.3 is 10.1 Å². The van der Waals surface area contributed by atoms with Crippen molar-refractivity contribution < 1.29 is 14.3 Å². The highest BCUT2D eigenvalue weighted by atomic mass is 35.5. The summed E-state index contributed by atoms with van der Waals surface area (Å²) < 4.78 is 4.65. The van der Waals surface area contributed by atoms with E-state index in [0.29, 0.717) is 23.6 Å². The first-order valence-corrected chi connectivity index (χ1v) is 7.67. The van der Waals surface area contributed by atoms with Crippen molar-refractivity contribution in [3.8, 4) is 0 Å². The van der Waals surface area contributed by atoms with Crippen LogP contribution in [0.2, 0.25) is 10.0 Å².